The first-order valence-corrected chi connectivity index (χ1v) is 10.7. The van der Waals surface area contributed by atoms with Gasteiger partial charge in [-0.2, -0.15) is 0 Å². The Labute approximate surface area is 191 Å². The molecule has 1 saturated heterocycles. The molecule has 4 rings (SSSR count). The molecule has 1 amide bonds. The van der Waals surface area contributed by atoms with Crippen molar-refractivity contribution in [2.75, 3.05) is 43.1 Å². The lowest BCUT2D eigenvalue weighted by atomic mass is 10.2. The number of ether oxygens (including phenoxy) is 3. The molecule has 2 aromatic carbocycles. The highest BCUT2D eigenvalue weighted by molar-refractivity contribution is 6.31. The number of rotatable bonds is 6. The maximum Gasteiger partial charge on any atom is 0.417 e. The molecule has 0 atom stereocenters. The van der Waals surface area contributed by atoms with Gasteiger partial charge in [0.05, 0.1) is 19.8 Å². The molecule has 0 unspecified atom stereocenters. The van der Waals surface area contributed by atoms with E-state index in [0.29, 0.717) is 61.7 Å². The second kappa shape index (κ2) is 10.3. The van der Waals surface area contributed by atoms with E-state index in [1.807, 2.05) is 25.1 Å². The molecule has 0 aliphatic carbocycles. The Morgan fingerprint density at radius 1 is 1.09 bits per heavy atom. The van der Waals surface area contributed by atoms with Gasteiger partial charge in [0.2, 0.25) is 0 Å². The number of carbonyl (C=O) groups is 1. The molecule has 1 N–H and O–H groups in total. The van der Waals surface area contributed by atoms with Crippen LogP contribution in [0.3, 0.4) is 0 Å². The fourth-order valence-corrected chi connectivity index (χ4v) is 3.46. The van der Waals surface area contributed by atoms with Gasteiger partial charge in [-0.05, 0) is 43.3 Å². The van der Waals surface area contributed by atoms with Crippen molar-refractivity contribution in [2.45, 2.75) is 6.92 Å². The Hall–Kier alpha value is -3.36. The molecule has 1 aliphatic rings. The summed E-state index contributed by atoms with van der Waals surface area (Å²) in [5.74, 6) is 2.06. The van der Waals surface area contributed by atoms with Crippen LogP contribution >= 0.6 is 11.6 Å². The zero-order chi connectivity index (χ0) is 22.3. The Kier molecular flexibility index (Phi) is 7.03. The van der Waals surface area contributed by atoms with Crippen molar-refractivity contribution in [1.82, 2.24) is 9.97 Å². The molecule has 0 spiro atoms. The van der Waals surface area contributed by atoms with Gasteiger partial charge in [-0.3, -0.25) is 5.32 Å². The Morgan fingerprint density at radius 3 is 2.50 bits per heavy atom. The molecule has 32 heavy (non-hydrogen) atoms. The summed E-state index contributed by atoms with van der Waals surface area (Å²) < 4.78 is 16.4. The van der Waals surface area contributed by atoms with Crippen LogP contribution in [0.5, 0.6) is 11.5 Å². The molecule has 166 valence electrons. The number of benzene rings is 2. The largest absolute Gasteiger partial charge is 0.487 e. The van der Waals surface area contributed by atoms with Crippen LogP contribution in [0.2, 0.25) is 5.15 Å². The van der Waals surface area contributed by atoms with Crippen LogP contribution in [0, 0.1) is 0 Å². The average Bonchev–Trinajstić information content (AvgIpc) is 2.82. The Bertz CT molecular complexity index is 1060. The molecule has 1 aliphatic heterocycles. The summed E-state index contributed by atoms with van der Waals surface area (Å²) in [6, 6.07) is 16.0. The lowest BCUT2D eigenvalue weighted by molar-refractivity contribution is 0.122. The number of hydrogen-bond donors (Lipinski definition) is 1. The van der Waals surface area contributed by atoms with E-state index in [1.54, 1.807) is 36.4 Å². The van der Waals surface area contributed by atoms with Gasteiger partial charge in [0.1, 0.15) is 5.75 Å². The highest BCUT2D eigenvalue weighted by Crippen LogP contribution is 2.35. The number of para-hydroxylation sites is 1. The standard InChI is InChI=1S/C23H23ClN4O4/c1-2-31-19-20(24)26-21(27-22(19)28-12-14-30-15-13-28)16-8-10-17(11-9-16)25-23(29)32-18-6-4-3-5-7-18/h3-11H,2,12-15H2,1H3,(H,25,29). The van der Waals surface area contributed by atoms with Crippen molar-refractivity contribution in [2.24, 2.45) is 0 Å². The third-order valence-corrected chi connectivity index (χ3v) is 5.01. The summed E-state index contributed by atoms with van der Waals surface area (Å²) in [4.78, 5) is 23.3. The summed E-state index contributed by atoms with van der Waals surface area (Å²) in [5, 5.41) is 2.96. The third-order valence-electron chi connectivity index (χ3n) is 4.75. The summed E-state index contributed by atoms with van der Waals surface area (Å²) in [7, 11) is 0. The van der Waals surface area contributed by atoms with Crippen LogP contribution in [0.1, 0.15) is 6.92 Å². The molecule has 1 fully saturated rings. The van der Waals surface area contributed by atoms with Gasteiger partial charge in [0.15, 0.2) is 22.5 Å². The molecule has 2 heterocycles. The predicted molar refractivity (Wildman–Crippen MR) is 123 cm³/mol. The topological polar surface area (TPSA) is 85.8 Å². The zero-order valence-electron chi connectivity index (χ0n) is 17.6. The number of nitrogens with zero attached hydrogens (tertiary/aromatic N) is 3. The van der Waals surface area contributed by atoms with Crippen molar-refractivity contribution < 1.29 is 19.0 Å². The van der Waals surface area contributed by atoms with E-state index in [2.05, 4.69) is 15.2 Å². The fraction of sp³-hybridized carbons (Fsp3) is 0.261. The first kappa shape index (κ1) is 21.9. The van der Waals surface area contributed by atoms with Crippen LogP contribution in [0.15, 0.2) is 54.6 Å². The van der Waals surface area contributed by atoms with Crippen LogP contribution in [0.4, 0.5) is 16.3 Å². The van der Waals surface area contributed by atoms with Gasteiger partial charge in [0.25, 0.3) is 0 Å². The van der Waals surface area contributed by atoms with Crippen molar-refractivity contribution in [3.05, 3.63) is 59.8 Å². The van der Waals surface area contributed by atoms with E-state index in [-0.39, 0.29) is 5.15 Å². The average molecular weight is 455 g/mol. The molecule has 9 heteroatoms. The minimum absolute atomic E-state index is 0.256. The molecule has 0 bridgehead atoms. The fourth-order valence-electron chi connectivity index (χ4n) is 3.24. The molecular formula is C23H23ClN4O4. The molecule has 3 aromatic rings. The van der Waals surface area contributed by atoms with Crippen molar-refractivity contribution >= 4 is 29.2 Å². The number of anilines is 2. The van der Waals surface area contributed by atoms with Gasteiger partial charge in [-0.15, -0.1) is 0 Å². The minimum Gasteiger partial charge on any atom is -0.487 e. The van der Waals surface area contributed by atoms with E-state index in [9.17, 15) is 4.79 Å². The number of nitrogens with one attached hydrogen (secondary N) is 1. The quantitative estimate of drug-likeness (QED) is 0.543. The smallest absolute Gasteiger partial charge is 0.417 e. The lowest BCUT2D eigenvalue weighted by Crippen LogP contribution is -2.37. The number of carbonyl (C=O) groups excluding carboxylic acids is 1. The zero-order valence-corrected chi connectivity index (χ0v) is 18.3. The summed E-state index contributed by atoms with van der Waals surface area (Å²) >= 11 is 6.45. The first-order valence-electron chi connectivity index (χ1n) is 10.3. The van der Waals surface area contributed by atoms with Gasteiger partial charge in [0, 0.05) is 24.3 Å². The molecule has 1 aromatic heterocycles. The normalized spacial score (nSPS) is 13.5. The van der Waals surface area contributed by atoms with Crippen LogP contribution in [-0.2, 0) is 4.74 Å². The van der Waals surface area contributed by atoms with E-state index in [1.165, 1.54) is 0 Å². The first-order chi connectivity index (χ1) is 15.6. The van der Waals surface area contributed by atoms with Gasteiger partial charge in [-0.1, -0.05) is 29.8 Å². The highest BCUT2D eigenvalue weighted by atomic mass is 35.5. The summed E-state index contributed by atoms with van der Waals surface area (Å²) in [6.45, 7) is 4.96. The summed E-state index contributed by atoms with van der Waals surface area (Å²) in [5.41, 5.74) is 1.34. The van der Waals surface area contributed by atoms with Crippen molar-refractivity contribution in [3.8, 4) is 22.9 Å². The number of hydrogen-bond acceptors (Lipinski definition) is 7. The van der Waals surface area contributed by atoms with E-state index in [4.69, 9.17) is 30.8 Å². The second-order valence-electron chi connectivity index (χ2n) is 6.93. The minimum atomic E-state index is -0.570. The third kappa shape index (κ3) is 5.27. The van der Waals surface area contributed by atoms with E-state index >= 15 is 0 Å². The number of halogens is 1. The molecule has 8 nitrogen and oxygen atoms in total. The summed E-state index contributed by atoms with van der Waals surface area (Å²) in [6.07, 6.45) is -0.570. The van der Waals surface area contributed by atoms with Crippen LogP contribution in [0.25, 0.3) is 11.4 Å². The Morgan fingerprint density at radius 2 is 1.81 bits per heavy atom. The van der Waals surface area contributed by atoms with Crippen molar-refractivity contribution in [1.29, 1.82) is 0 Å². The maximum absolute atomic E-state index is 12.1. The molecular weight excluding hydrogens is 432 g/mol. The van der Waals surface area contributed by atoms with E-state index in [0.717, 1.165) is 5.56 Å². The van der Waals surface area contributed by atoms with Crippen LogP contribution < -0.4 is 19.7 Å². The van der Waals surface area contributed by atoms with Gasteiger partial charge < -0.3 is 19.1 Å². The van der Waals surface area contributed by atoms with Crippen molar-refractivity contribution in [3.63, 3.8) is 0 Å². The SMILES string of the molecule is CCOc1c(Cl)nc(-c2ccc(NC(=O)Oc3ccccc3)cc2)nc1N1CCOCC1. The number of amides is 1. The van der Waals surface area contributed by atoms with Gasteiger partial charge >= 0.3 is 6.09 Å². The maximum atomic E-state index is 12.1. The van der Waals surface area contributed by atoms with Crippen LogP contribution in [-0.4, -0.2) is 49.0 Å². The molecule has 0 radical (unpaired) electrons. The second-order valence-corrected chi connectivity index (χ2v) is 7.29. The van der Waals surface area contributed by atoms with E-state index < -0.39 is 6.09 Å². The predicted octanol–water partition coefficient (Wildman–Crippen LogP) is 4.64. The Balaban J connectivity index is 1.53. The monoisotopic (exact) mass is 454 g/mol. The lowest BCUT2D eigenvalue weighted by Gasteiger charge is -2.29. The molecule has 0 saturated carbocycles. The number of morpholine rings is 1. The van der Waals surface area contributed by atoms with Gasteiger partial charge in [-0.25, -0.2) is 14.8 Å². The number of aromatic nitrogens is 2. The highest BCUT2D eigenvalue weighted by Gasteiger charge is 2.22.